The minimum atomic E-state index is -4.39. The van der Waals surface area contributed by atoms with E-state index < -0.39 is 11.7 Å². The van der Waals surface area contributed by atoms with Crippen LogP contribution < -0.4 is 4.74 Å². The quantitative estimate of drug-likeness (QED) is 0.726. The van der Waals surface area contributed by atoms with Gasteiger partial charge < -0.3 is 4.74 Å². The van der Waals surface area contributed by atoms with Crippen molar-refractivity contribution in [3.05, 3.63) is 48.2 Å². The highest BCUT2D eigenvalue weighted by atomic mass is 19.4. The van der Waals surface area contributed by atoms with Crippen LogP contribution >= 0.6 is 0 Å². The Hall–Kier alpha value is -2.57. The third kappa shape index (κ3) is 2.31. The molecule has 2 heterocycles. The van der Waals surface area contributed by atoms with Crippen molar-refractivity contribution >= 4 is 5.65 Å². The molecular formula is C14H10F3N3O. The number of methoxy groups -OCH3 is 1. The lowest BCUT2D eigenvalue weighted by atomic mass is 10.1. The first-order chi connectivity index (χ1) is 10.0. The van der Waals surface area contributed by atoms with Crippen LogP contribution in [0.15, 0.2) is 42.6 Å². The lowest BCUT2D eigenvalue weighted by Crippen LogP contribution is -2.04. The maximum absolute atomic E-state index is 12.8. The maximum atomic E-state index is 12.8. The van der Waals surface area contributed by atoms with Crippen LogP contribution in [0, 0.1) is 0 Å². The number of benzene rings is 1. The second kappa shape index (κ2) is 4.76. The van der Waals surface area contributed by atoms with Gasteiger partial charge in [0.25, 0.3) is 0 Å². The van der Waals surface area contributed by atoms with Crippen molar-refractivity contribution in [2.45, 2.75) is 6.18 Å². The Labute approximate surface area is 117 Å². The SMILES string of the molecule is COc1cccn2c(-c3cccc(C(F)(F)F)c3)nnc12. The molecule has 2 aromatic heterocycles. The summed E-state index contributed by atoms with van der Waals surface area (Å²) in [5.41, 5.74) is 0.0673. The second-order valence-electron chi connectivity index (χ2n) is 4.37. The predicted molar refractivity (Wildman–Crippen MR) is 70.0 cm³/mol. The number of hydrogen-bond donors (Lipinski definition) is 0. The van der Waals surface area contributed by atoms with Gasteiger partial charge in [0, 0.05) is 11.8 Å². The van der Waals surface area contributed by atoms with Gasteiger partial charge in [-0.3, -0.25) is 4.40 Å². The van der Waals surface area contributed by atoms with E-state index in [4.69, 9.17) is 4.74 Å². The molecule has 3 aromatic rings. The largest absolute Gasteiger partial charge is 0.493 e. The average Bonchev–Trinajstić information content (AvgIpc) is 2.90. The number of fused-ring (bicyclic) bond motifs is 1. The van der Waals surface area contributed by atoms with Gasteiger partial charge in [-0.1, -0.05) is 12.1 Å². The van der Waals surface area contributed by atoms with Crippen LogP contribution in [0.5, 0.6) is 5.75 Å². The maximum Gasteiger partial charge on any atom is 0.416 e. The Morgan fingerprint density at radius 1 is 1.10 bits per heavy atom. The molecule has 0 aliphatic carbocycles. The van der Waals surface area contributed by atoms with Gasteiger partial charge in [-0.15, -0.1) is 10.2 Å². The summed E-state index contributed by atoms with van der Waals surface area (Å²) in [5, 5.41) is 7.93. The molecule has 3 rings (SSSR count). The van der Waals surface area contributed by atoms with Gasteiger partial charge in [0.05, 0.1) is 12.7 Å². The van der Waals surface area contributed by atoms with Crippen molar-refractivity contribution in [3.63, 3.8) is 0 Å². The van der Waals surface area contributed by atoms with E-state index in [0.717, 1.165) is 12.1 Å². The number of aromatic nitrogens is 3. The molecule has 0 amide bonds. The molecule has 21 heavy (non-hydrogen) atoms. The van der Waals surface area contributed by atoms with E-state index in [1.165, 1.54) is 13.2 Å². The summed E-state index contributed by atoms with van der Waals surface area (Å²) in [6.45, 7) is 0. The topological polar surface area (TPSA) is 39.4 Å². The van der Waals surface area contributed by atoms with Crippen LogP contribution in [0.3, 0.4) is 0 Å². The Morgan fingerprint density at radius 3 is 2.62 bits per heavy atom. The number of pyridine rings is 1. The fourth-order valence-corrected chi connectivity index (χ4v) is 2.08. The molecule has 108 valence electrons. The van der Waals surface area contributed by atoms with E-state index in [0.29, 0.717) is 22.8 Å². The Kier molecular flexibility index (Phi) is 3.04. The summed E-state index contributed by atoms with van der Waals surface area (Å²) < 4.78 is 45.1. The van der Waals surface area contributed by atoms with Gasteiger partial charge in [0.2, 0.25) is 5.65 Å². The molecule has 0 radical (unpaired) electrons. The summed E-state index contributed by atoms with van der Waals surface area (Å²) >= 11 is 0. The monoisotopic (exact) mass is 293 g/mol. The molecule has 0 fully saturated rings. The lowest BCUT2D eigenvalue weighted by molar-refractivity contribution is -0.137. The summed E-state index contributed by atoms with van der Waals surface area (Å²) in [4.78, 5) is 0. The average molecular weight is 293 g/mol. The van der Waals surface area contributed by atoms with Gasteiger partial charge >= 0.3 is 6.18 Å². The molecule has 0 saturated heterocycles. The molecule has 0 saturated carbocycles. The van der Waals surface area contributed by atoms with Crippen LogP contribution in [0.1, 0.15) is 5.56 Å². The Bertz CT molecular complexity index is 796. The van der Waals surface area contributed by atoms with Crippen molar-refractivity contribution < 1.29 is 17.9 Å². The highest BCUT2D eigenvalue weighted by Gasteiger charge is 2.30. The first-order valence-electron chi connectivity index (χ1n) is 6.06. The van der Waals surface area contributed by atoms with E-state index in [-0.39, 0.29) is 0 Å². The summed E-state index contributed by atoms with van der Waals surface area (Å²) in [5.74, 6) is 0.832. The third-order valence-electron chi connectivity index (χ3n) is 3.07. The molecule has 4 nitrogen and oxygen atoms in total. The van der Waals surface area contributed by atoms with Crippen LogP contribution in [-0.4, -0.2) is 21.7 Å². The molecule has 7 heteroatoms. The first-order valence-corrected chi connectivity index (χ1v) is 6.06. The number of ether oxygens (including phenoxy) is 1. The second-order valence-corrected chi connectivity index (χ2v) is 4.37. The number of rotatable bonds is 2. The van der Waals surface area contributed by atoms with Gasteiger partial charge in [0.15, 0.2) is 11.6 Å². The molecule has 0 N–H and O–H groups in total. The lowest BCUT2D eigenvalue weighted by Gasteiger charge is -2.08. The summed E-state index contributed by atoms with van der Waals surface area (Å²) in [6, 6.07) is 8.40. The third-order valence-corrected chi connectivity index (χ3v) is 3.07. The van der Waals surface area contributed by atoms with Gasteiger partial charge in [-0.2, -0.15) is 13.2 Å². The first kappa shape index (κ1) is 13.4. The zero-order valence-corrected chi connectivity index (χ0v) is 10.9. The predicted octanol–water partition coefficient (Wildman–Crippen LogP) is 3.42. The molecule has 0 aliphatic rings. The standard InChI is InChI=1S/C14H10F3N3O/c1-21-11-6-3-7-20-12(18-19-13(11)20)9-4-2-5-10(8-9)14(15,16)17/h2-8H,1H3. The Balaban J connectivity index is 2.18. The summed E-state index contributed by atoms with van der Waals surface area (Å²) in [7, 11) is 1.49. The van der Waals surface area contributed by atoms with Crippen molar-refractivity contribution in [2.75, 3.05) is 7.11 Å². The van der Waals surface area contributed by atoms with E-state index in [2.05, 4.69) is 10.2 Å². The molecule has 0 bridgehead atoms. The fraction of sp³-hybridized carbons (Fsp3) is 0.143. The van der Waals surface area contributed by atoms with Crippen LogP contribution in [0.4, 0.5) is 13.2 Å². The molecular weight excluding hydrogens is 283 g/mol. The van der Waals surface area contributed by atoms with E-state index in [9.17, 15) is 13.2 Å². The number of hydrogen-bond acceptors (Lipinski definition) is 3. The van der Waals surface area contributed by atoms with Gasteiger partial charge in [-0.05, 0) is 24.3 Å². The van der Waals surface area contributed by atoms with E-state index in [1.807, 2.05) is 0 Å². The van der Waals surface area contributed by atoms with Gasteiger partial charge in [0.1, 0.15) is 0 Å². The van der Waals surface area contributed by atoms with Crippen molar-refractivity contribution in [1.29, 1.82) is 0 Å². The van der Waals surface area contributed by atoms with Crippen LogP contribution in [0.25, 0.3) is 17.0 Å². The van der Waals surface area contributed by atoms with Crippen LogP contribution in [-0.2, 0) is 6.18 Å². The molecule has 0 unspecified atom stereocenters. The van der Waals surface area contributed by atoms with Crippen LogP contribution in [0.2, 0.25) is 0 Å². The van der Waals surface area contributed by atoms with Gasteiger partial charge in [-0.25, -0.2) is 0 Å². The number of halogens is 3. The highest BCUT2D eigenvalue weighted by Crippen LogP contribution is 2.32. The van der Waals surface area contributed by atoms with E-state index >= 15 is 0 Å². The number of nitrogens with zero attached hydrogens (tertiary/aromatic N) is 3. The highest BCUT2D eigenvalue weighted by molar-refractivity contribution is 5.64. The minimum absolute atomic E-state index is 0.329. The molecule has 1 aromatic carbocycles. The minimum Gasteiger partial charge on any atom is -0.493 e. The zero-order valence-electron chi connectivity index (χ0n) is 10.9. The van der Waals surface area contributed by atoms with Crippen molar-refractivity contribution in [1.82, 2.24) is 14.6 Å². The Morgan fingerprint density at radius 2 is 1.90 bits per heavy atom. The normalized spacial score (nSPS) is 11.8. The fourth-order valence-electron chi connectivity index (χ4n) is 2.08. The molecule has 0 aliphatic heterocycles. The summed E-state index contributed by atoms with van der Waals surface area (Å²) in [6.07, 6.45) is -2.72. The number of alkyl halides is 3. The van der Waals surface area contributed by atoms with Crippen molar-refractivity contribution in [2.24, 2.45) is 0 Å². The smallest absolute Gasteiger partial charge is 0.416 e. The molecule has 0 spiro atoms. The zero-order chi connectivity index (χ0) is 15.0. The molecule has 0 atom stereocenters. The van der Waals surface area contributed by atoms with E-state index in [1.54, 1.807) is 28.8 Å². The van der Waals surface area contributed by atoms with Crippen molar-refractivity contribution in [3.8, 4) is 17.1 Å².